The van der Waals surface area contributed by atoms with E-state index in [1.165, 1.54) is 7.11 Å². The molecular weight excluding hydrogens is 418 g/mol. The Morgan fingerprint density at radius 3 is 2.74 bits per heavy atom. The molecule has 0 radical (unpaired) electrons. The first kappa shape index (κ1) is 21.9. The minimum Gasteiger partial charge on any atom is -0.453 e. The molecule has 31 heavy (non-hydrogen) atoms. The van der Waals surface area contributed by atoms with Gasteiger partial charge in [0.05, 0.1) is 28.9 Å². The molecule has 4 rings (SSSR count). The van der Waals surface area contributed by atoms with Crippen molar-refractivity contribution in [3.63, 3.8) is 0 Å². The predicted molar refractivity (Wildman–Crippen MR) is 121 cm³/mol. The van der Waals surface area contributed by atoms with E-state index >= 15 is 0 Å². The van der Waals surface area contributed by atoms with Gasteiger partial charge in [0.25, 0.3) is 0 Å². The Morgan fingerprint density at radius 1 is 1.32 bits per heavy atom. The third kappa shape index (κ3) is 4.36. The number of H-pyrrole nitrogens is 1. The molecule has 2 fully saturated rings. The molecule has 9 heteroatoms. The van der Waals surface area contributed by atoms with Crippen molar-refractivity contribution in [1.29, 1.82) is 0 Å². The van der Waals surface area contributed by atoms with E-state index < -0.39 is 11.5 Å². The Balaban J connectivity index is 1.53. The summed E-state index contributed by atoms with van der Waals surface area (Å²) in [7, 11) is 1.36. The molecule has 1 saturated carbocycles. The fourth-order valence-corrected chi connectivity index (χ4v) is 4.96. The summed E-state index contributed by atoms with van der Waals surface area (Å²) in [5, 5.41) is 6.88. The van der Waals surface area contributed by atoms with E-state index in [-0.39, 0.29) is 11.8 Å². The first-order valence-corrected chi connectivity index (χ1v) is 11.2. The van der Waals surface area contributed by atoms with Crippen LogP contribution in [0.1, 0.15) is 50.1 Å². The molecule has 0 bridgehead atoms. The smallest absolute Gasteiger partial charge is 0.407 e. The topological polar surface area (TPSA) is 99.3 Å². The monoisotopic (exact) mass is 447 g/mol. The van der Waals surface area contributed by atoms with Crippen LogP contribution in [-0.2, 0) is 4.74 Å². The van der Waals surface area contributed by atoms with Crippen LogP contribution in [0.2, 0.25) is 5.02 Å². The number of methoxy groups -OCH3 is 1. The summed E-state index contributed by atoms with van der Waals surface area (Å²) in [6, 6.07) is 4.21. The Bertz CT molecular complexity index is 983. The van der Waals surface area contributed by atoms with Gasteiger partial charge in [-0.2, -0.15) is 0 Å². The number of aromatic nitrogens is 2. The van der Waals surface area contributed by atoms with E-state index in [1.54, 1.807) is 0 Å². The number of rotatable bonds is 4. The SMILES string of the molecule is COC(=O)NC1CCC(C)(C(=O)c2nc3cc(N4CCNCC4C)c(Cl)cc3[nH]2)CC1. The van der Waals surface area contributed by atoms with Gasteiger partial charge in [-0.15, -0.1) is 0 Å². The number of fused-ring (bicyclic) bond motifs is 1. The summed E-state index contributed by atoms with van der Waals surface area (Å²) in [6.07, 6.45) is 2.40. The first-order chi connectivity index (χ1) is 14.8. The van der Waals surface area contributed by atoms with Gasteiger partial charge in [0.15, 0.2) is 5.82 Å². The lowest BCUT2D eigenvalue weighted by Gasteiger charge is -2.36. The number of carbonyl (C=O) groups excluding carboxylic acids is 2. The number of anilines is 1. The number of imidazole rings is 1. The Morgan fingerprint density at radius 2 is 2.06 bits per heavy atom. The Kier molecular flexibility index (Phi) is 6.12. The number of ketones is 1. The fraction of sp³-hybridized carbons (Fsp3) is 0.591. The zero-order valence-corrected chi connectivity index (χ0v) is 19.0. The molecule has 1 atom stereocenters. The van der Waals surface area contributed by atoms with Crippen molar-refractivity contribution in [3.8, 4) is 0 Å². The number of Topliss-reactive ketones (excluding diaryl/α,β-unsaturated/α-hetero) is 1. The van der Waals surface area contributed by atoms with Gasteiger partial charge in [0.1, 0.15) is 0 Å². The van der Waals surface area contributed by atoms with E-state index in [4.69, 9.17) is 11.6 Å². The number of benzene rings is 1. The van der Waals surface area contributed by atoms with Gasteiger partial charge in [-0.25, -0.2) is 9.78 Å². The molecule has 2 heterocycles. The van der Waals surface area contributed by atoms with Gasteiger partial charge < -0.3 is 25.3 Å². The molecule has 2 aromatic rings. The number of hydrogen-bond acceptors (Lipinski definition) is 6. The number of piperazine rings is 1. The van der Waals surface area contributed by atoms with Gasteiger partial charge >= 0.3 is 6.09 Å². The van der Waals surface area contributed by atoms with Crippen molar-refractivity contribution in [2.24, 2.45) is 5.41 Å². The predicted octanol–water partition coefficient (Wildman–Crippen LogP) is 3.50. The lowest BCUT2D eigenvalue weighted by molar-refractivity contribution is 0.0715. The Hall–Kier alpha value is -2.32. The van der Waals surface area contributed by atoms with Gasteiger partial charge in [0.2, 0.25) is 5.78 Å². The van der Waals surface area contributed by atoms with Crippen LogP contribution >= 0.6 is 11.6 Å². The maximum atomic E-state index is 13.3. The minimum absolute atomic E-state index is 0.00781. The summed E-state index contributed by atoms with van der Waals surface area (Å²) in [6.45, 7) is 6.84. The first-order valence-electron chi connectivity index (χ1n) is 10.9. The molecule has 1 saturated heterocycles. The molecule has 1 aliphatic heterocycles. The van der Waals surface area contributed by atoms with E-state index in [0.717, 1.165) is 49.2 Å². The molecule has 1 aliphatic carbocycles. The number of alkyl carbamates (subject to hydrolysis) is 1. The lowest BCUT2D eigenvalue weighted by atomic mass is 9.71. The van der Waals surface area contributed by atoms with Gasteiger partial charge in [-0.3, -0.25) is 4.79 Å². The number of aromatic amines is 1. The molecule has 2 aliphatic rings. The van der Waals surface area contributed by atoms with Crippen LogP contribution in [0, 0.1) is 5.41 Å². The third-order valence-corrected chi connectivity index (χ3v) is 7.02. The van der Waals surface area contributed by atoms with E-state index in [0.29, 0.717) is 29.7 Å². The van der Waals surface area contributed by atoms with E-state index in [1.807, 2.05) is 19.1 Å². The molecule has 1 amide bonds. The van der Waals surface area contributed by atoms with Crippen LogP contribution in [0.4, 0.5) is 10.5 Å². The summed E-state index contributed by atoms with van der Waals surface area (Å²) < 4.78 is 4.68. The number of amides is 1. The van der Waals surface area contributed by atoms with Gasteiger partial charge in [-0.1, -0.05) is 18.5 Å². The van der Waals surface area contributed by atoms with Crippen molar-refractivity contribution in [2.45, 2.75) is 51.6 Å². The highest BCUT2D eigenvalue weighted by atomic mass is 35.5. The fourth-order valence-electron chi connectivity index (χ4n) is 4.68. The number of ether oxygens (including phenoxy) is 1. The second-order valence-electron chi connectivity index (χ2n) is 8.95. The summed E-state index contributed by atoms with van der Waals surface area (Å²) in [5.41, 5.74) is 1.96. The summed E-state index contributed by atoms with van der Waals surface area (Å²) >= 11 is 6.60. The zero-order valence-electron chi connectivity index (χ0n) is 18.3. The van der Waals surface area contributed by atoms with Crippen molar-refractivity contribution in [3.05, 3.63) is 23.0 Å². The average molecular weight is 448 g/mol. The second-order valence-corrected chi connectivity index (χ2v) is 9.36. The number of carbonyl (C=O) groups is 2. The minimum atomic E-state index is -0.512. The van der Waals surface area contributed by atoms with Crippen LogP contribution in [0.3, 0.4) is 0 Å². The van der Waals surface area contributed by atoms with E-state index in [9.17, 15) is 9.59 Å². The van der Waals surface area contributed by atoms with Crippen LogP contribution in [-0.4, -0.2) is 60.7 Å². The van der Waals surface area contributed by atoms with Crippen molar-refractivity contribution < 1.29 is 14.3 Å². The normalized spacial score (nSPS) is 26.6. The van der Waals surface area contributed by atoms with Crippen molar-refractivity contribution in [2.75, 3.05) is 31.6 Å². The zero-order chi connectivity index (χ0) is 22.2. The highest BCUT2D eigenvalue weighted by Gasteiger charge is 2.39. The second kappa shape index (κ2) is 8.67. The van der Waals surface area contributed by atoms with Crippen LogP contribution in [0.5, 0.6) is 0 Å². The lowest BCUT2D eigenvalue weighted by Crippen LogP contribution is -2.50. The number of nitrogens with zero attached hydrogens (tertiary/aromatic N) is 2. The molecule has 1 unspecified atom stereocenters. The van der Waals surface area contributed by atoms with Crippen LogP contribution in [0.25, 0.3) is 11.0 Å². The largest absolute Gasteiger partial charge is 0.453 e. The van der Waals surface area contributed by atoms with E-state index in [2.05, 4.69) is 37.2 Å². The highest BCUT2D eigenvalue weighted by Crippen LogP contribution is 2.39. The van der Waals surface area contributed by atoms with Gasteiger partial charge in [-0.05, 0) is 44.7 Å². The summed E-state index contributed by atoms with van der Waals surface area (Å²) in [5.74, 6) is 0.381. The third-order valence-electron chi connectivity index (χ3n) is 6.72. The summed E-state index contributed by atoms with van der Waals surface area (Å²) in [4.78, 5) is 34.9. The molecule has 1 aromatic heterocycles. The maximum Gasteiger partial charge on any atom is 0.407 e. The van der Waals surface area contributed by atoms with Crippen LogP contribution < -0.4 is 15.5 Å². The number of hydrogen-bond donors (Lipinski definition) is 3. The van der Waals surface area contributed by atoms with Crippen molar-refractivity contribution >= 4 is 40.2 Å². The van der Waals surface area contributed by atoms with Crippen LogP contribution in [0.15, 0.2) is 12.1 Å². The molecule has 1 aromatic carbocycles. The highest BCUT2D eigenvalue weighted by molar-refractivity contribution is 6.34. The van der Waals surface area contributed by atoms with Crippen molar-refractivity contribution in [1.82, 2.24) is 20.6 Å². The number of halogens is 1. The Labute approximate surface area is 187 Å². The molecule has 168 valence electrons. The maximum absolute atomic E-state index is 13.3. The molecule has 3 N–H and O–H groups in total. The molecule has 8 nitrogen and oxygen atoms in total. The molecular formula is C22H30ClN5O3. The quantitative estimate of drug-likeness (QED) is 0.620. The van der Waals surface area contributed by atoms with Gasteiger partial charge in [0, 0.05) is 37.1 Å². The average Bonchev–Trinajstić information content (AvgIpc) is 3.17. The molecule has 0 spiro atoms. The number of nitrogens with one attached hydrogen (secondary N) is 3. The standard InChI is InChI=1S/C22H30ClN5O3/c1-13-12-24-8-9-28(13)18-11-17-16(10-15(18)23)26-20(27-17)19(29)22(2)6-4-14(5-7-22)25-21(30)31-3/h10-11,13-14,24H,4-9,12H2,1-3H3,(H,25,30)(H,26,27).